The van der Waals surface area contributed by atoms with Gasteiger partial charge >= 0.3 is 11.9 Å². The third-order valence-electron chi connectivity index (χ3n) is 0.635. The van der Waals surface area contributed by atoms with Crippen LogP contribution in [0.2, 0.25) is 0 Å². The van der Waals surface area contributed by atoms with Gasteiger partial charge in [-0.15, -0.1) is 0 Å². The number of hydrogen-bond acceptors (Lipinski definition) is 3. The van der Waals surface area contributed by atoms with Crippen LogP contribution in [-0.2, 0) is 9.59 Å². The molecule has 0 fully saturated rings. The molecule has 0 aromatic carbocycles. The monoisotopic (exact) mass is 135 g/mol. The summed E-state index contributed by atoms with van der Waals surface area (Å²) in [6.07, 6.45) is -2.27. The Balaban J connectivity index is 3.83. The van der Waals surface area contributed by atoms with E-state index in [2.05, 4.69) is 5.11 Å². The van der Waals surface area contributed by atoms with E-state index in [9.17, 15) is 9.59 Å². The minimum atomic E-state index is -1.57. The van der Waals surface area contributed by atoms with Crippen molar-refractivity contribution in [3.63, 3.8) is 0 Å². The smallest absolute Gasteiger partial charge is 0.333 e. The van der Waals surface area contributed by atoms with E-state index in [-0.39, 0.29) is 0 Å². The molecule has 0 spiro atoms. The lowest BCUT2D eigenvalue weighted by Gasteiger charge is -1.97. The van der Waals surface area contributed by atoms with E-state index >= 15 is 0 Å². The number of hydrogen-bond donors (Lipinski definition) is 3. The molecule has 0 aromatic heterocycles. The molecule has 0 bridgehead atoms. The normalized spacial score (nSPS) is 14.0. The molecule has 9 heavy (non-hydrogen) atoms. The van der Waals surface area contributed by atoms with Gasteiger partial charge in [-0.25, -0.2) is 4.79 Å². The van der Waals surface area contributed by atoms with E-state index < -0.39 is 24.5 Å². The zero-order valence-electron chi connectivity index (χ0n) is 5.40. The summed E-state index contributed by atoms with van der Waals surface area (Å²) in [7, 11) is 0. The Morgan fingerprint density at radius 3 is 2.22 bits per heavy atom. The van der Waals surface area contributed by atoms with E-state index in [4.69, 9.17) is 11.6 Å². The van der Waals surface area contributed by atoms with Crippen molar-refractivity contribution < 1.29 is 24.9 Å². The molecule has 3 N–H and O–H groups in total. The molecule has 52 valence electrons. The maximum atomic E-state index is 9.96. The Morgan fingerprint density at radius 2 is 2.11 bits per heavy atom. The highest BCUT2D eigenvalue weighted by molar-refractivity contribution is 5.79. The summed E-state index contributed by atoms with van der Waals surface area (Å²) in [6, 6.07) is 0. The first-order valence-electron chi connectivity index (χ1n) is 2.55. The van der Waals surface area contributed by atoms with Crippen LogP contribution >= 0.6 is 0 Å². The Bertz CT molecular complexity index is 145. The predicted octanol–water partition coefficient (Wildman–Crippen LogP) is -1.09. The van der Waals surface area contributed by atoms with Crippen LogP contribution in [0.5, 0.6) is 0 Å². The van der Waals surface area contributed by atoms with Crippen LogP contribution in [-0.4, -0.2) is 34.8 Å². The lowest BCUT2D eigenvalue weighted by molar-refractivity contribution is -0.152. The Kier molecular flexibility index (Phi) is 2.03. The van der Waals surface area contributed by atoms with Gasteiger partial charge in [0.2, 0.25) is 1.43 Å². The van der Waals surface area contributed by atoms with Gasteiger partial charge in [0.05, 0.1) is 6.42 Å². The number of aliphatic carboxylic acids is 2. The van der Waals surface area contributed by atoms with Gasteiger partial charge in [0.15, 0.2) is 6.10 Å². The molecule has 0 aromatic rings. The quantitative estimate of drug-likeness (QED) is 0.455. The Hall–Kier alpha value is -1.10. The van der Waals surface area contributed by atoms with Gasteiger partial charge in [-0.05, 0) is 0 Å². The summed E-state index contributed by atoms with van der Waals surface area (Å²) in [5, 5.41) is 19.7. The number of carboxylic acid groups (broad SMARTS) is 2. The summed E-state index contributed by atoms with van der Waals surface area (Å²) in [5.41, 5.74) is 0. The molecule has 0 aliphatic heterocycles. The molecule has 0 aliphatic carbocycles. The lowest BCUT2D eigenvalue weighted by Crippen LogP contribution is -2.22. The van der Waals surface area contributed by atoms with Gasteiger partial charge in [-0.3, -0.25) is 4.79 Å². The molecule has 0 unspecified atom stereocenters. The average Bonchev–Trinajstić information content (AvgIpc) is 1.81. The molecule has 0 heterocycles. The van der Waals surface area contributed by atoms with Crippen LogP contribution in [0.3, 0.4) is 0 Å². The van der Waals surface area contributed by atoms with Crippen molar-refractivity contribution in [2.24, 2.45) is 0 Å². The van der Waals surface area contributed by atoms with Crippen LogP contribution < -0.4 is 0 Å². The fourth-order valence-electron chi connectivity index (χ4n) is 0.246. The summed E-state index contributed by atoms with van der Waals surface area (Å²) >= 11 is 0. The summed E-state index contributed by atoms with van der Waals surface area (Å²) in [4.78, 5) is 19.8. The van der Waals surface area contributed by atoms with Crippen molar-refractivity contribution in [3.05, 3.63) is 0 Å². The minimum absolute atomic E-state index is 0.696. The van der Waals surface area contributed by atoms with E-state index in [0.717, 1.165) is 0 Å². The largest absolute Gasteiger partial charge is 0.481 e. The second kappa shape index (κ2) is 3.03. The molecule has 0 saturated heterocycles. The molecule has 0 saturated carbocycles. The Morgan fingerprint density at radius 1 is 1.56 bits per heavy atom. The number of carbonyl (C=O) groups is 2. The number of aliphatic hydroxyl groups is 1. The van der Waals surface area contributed by atoms with E-state index in [0.29, 0.717) is 0 Å². The van der Waals surface area contributed by atoms with E-state index in [1.165, 1.54) is 0 Å². The SMILES string of the molecule is [2H]O[C@@H](CC(=O)O)C(=O)O. The van der Waals surface area contributed by atoms with Gasteiger partial charge in [0, 0.05) is 0 Å². The number of carboxylic acids is 2. The lowest BCUT2D eigenvalue weighted by atomic mass is 10.3. The van der Waals surface area contributed by atoms with Gasteiger partial charge in [-0.1, -0.05) is 0 Å². The fraction of sp³-hybridized carbons (Fsp3) is 0.500. The molecular weight excluding hydrogens is 128 g/mol. The number of rotatable bonds is 4. The van der Waals surface area contributed by atoms with Crippen molar-refractivity contribution in [1.29, 1.82) is 1.43 Å². The molecular formula is C4H6O5. The van der Waals surface area contributed by atoms with Gasteiger partial charge < -0.3 is 15.3 Å². The maximum absolute atomic E-state index is 9.96. The summed E-state index contributed by atoms with van der Waals surface area (Å²) < 4.78 is 6.14. The first kappa shape index (κ1) is 6.03. The van der Waals surface area contributed by atoms with Crippen LogP contribution in [0, 0.1) is 0 Å². The van der Waals surface area contributed by atoms with Crippen molar-refractivity contribution in [3.8, 4) is 0 Å². The summed E-state index contributed by atoms with van der Waals surface area (Å²) in [6.45, 7) is 0. The fourth-order valence-corrected chi connectivity index (χ4v) is 0.246. The molecule has 5 heteroatoms. The van der Waals surface area contributed by atoms with Crippen molar-refractivity contribution in [1.82, 2.24) is 0 Å². The number of aliphatic hydroxyl groups excluding tert-OH is 1. The third kappa shape index (κ3) is 3.48. The third-order valence-corrected chi connectivity index (χ3v) is 0.635. The topological polar surface area (TPSA) is 94.8 Å². The van der Waals surface area contributed by atoms with Crippen LogP contribution in [0.15, 0.2) is 0 Å². The summed E-state index contributed by atoms with van der Waals surface area (Å²) in [5.74, 6) is -2.75. The predicted molar refractivity (Wildman–Crippen MR) is 25.9 cm³/mol. The van der Waals surface area contributed by atoms with E-state index in [1.807, 2.05) is 0 Å². The molecule has 1 atom stereocenters. The first-order valence-corrected chi connectivity index (χ1v) is 2.14. The molecule has 5 nitrogen and oxygen atoms in total. The van der Waals surface area contributed by atoms with Crippen molar-refractivity contribution >= 4 is 11.9 Å². The van der Waals surface area contributed by atoms with Crippen LogP contribution in [0.1, 0.15) is 6.42 Å². The van der Waals surface area contributed by atoms with Crippen LogP contribution in [0.4, 0.5) is 0 Å². The zero-order chi connectivity index (χ0) is 8.15. The molecule has 0 amide bonds. The second-order valence-corrected chi connectivity index (χ2v) is 1.42. The van der Waals surface area contributed by atoms with Crippen molar-refractivity contribution in [2.75, 3.05) is 0 Å². The molecule has 0 rings (SSSR count). The standard InChI is InChI=1S/C4H6O5/c5-2(4(8)9)1-3(6)7/h2,5H,1H2,(H,6,7)(H,8,9)/t2-/m0/s1/i5D. The average molecular weight is 135 g/mol. The Labute approximate surface area is 52.0 Å². The second-order valence-electron chi connectivity index (χ2n) is 1.42. The van der Waals surface area contributed by atoms with Crippen molar-refractivity contribution in [2.45, 2.75) is 12.5 Å². The highest BCUT2D eigenvalue weighted by Gasteiger charge is 2.16. The maximum Gasteiger partial charge on any atom is 0.333 e. The minimum Gasteiger partial charge on any atom is -0.481 e. The van der Waals surface area contributed by atoms with Gasteiger partial charge in [0.25, 0.3) is 0 Å². The van der Waals surface area contributed by atoms with Crippen LogP contribution in [0.25, 0.3) is 0 Å². The zero-order valence-corrected chi connectivity index (χ0v) is 4.40. The van der Waals surface area contributed by atoms with E-state index in [1.54, 1.807) is 0 Å². The van der Waals surface area contributed by atoms with Gasteiger partial charge in [0.1, 0.15) is 0 Å². The molecule has 0 aliphatic rings. The first-order chi connectivity index (χ1) is 4.57. The van der Waals surface area contributed by atoms with Gasteiger partial charge in [-0.2, -0.15) is 0 Å². The molecule has 0 radical (unpaired) electrons. The highest BCUT2D eigenvalue weighted by Crippen LogP contribution is 1.89. The highest BCUT2D eigenvalue weighted by atomic mass is 16.4.